The first-order valence-corrected chi connectivity index (χ1v) is 7.26. The average molecular weight is 344 g/mol. The van der Waals surface area contributed by atoms with Crippen molar-refractivity contribution in [2.45, 2.75) is 25.7 Å². The molecule has 1 saturated carbocycles. The number of aliphatic carboxylic acids is 1. The van der Waals surface area contributed by atoms with Gasteiger partial charge in [-0.2, -0.15) is 0 Å². The van der Waals surface area contributed by atoms with E-state index in [1.165, 1.54) is 12.1 Å². The minimum absolute atomic E-state index is 0.106. The Bertz CT molecular complexity index is 515. The van der Waals surface area contributed by atoms with E-state index in [0.717, 1.165) is 0 Å². The Morgan fingerprint density at radius 3 is 2.65 bits per heavy atom. The van der Waals surface area contributed by atoms with Crippen LogP contribution in [0.15, 0.2) is 22.7 Å². The van der Waals surface area contributed by atoms with Crippen molar-refractivity contribution >= 4 is 33.5 Å². The Hall–Kier alpha value is -1.43. The summed E-state index contributed by atoms with van der Waals surface area (Å²) in [4.78, 5) is 23.1. The fourth-order valence-electron chi connectivity index (χ4n) is 2.49. The highest BCUT2D eigenvalue weighted by Crippen LogP contribution is 2.31. The molecule has 1 aromatic rings. The lowest BCUT2D eigenvalue weighted by atomic mass is 9.81. The van der Waals surface area contributed by atoms with Gasteiger partial charge in [-0.15, -0.1) is 0 Å². The van der Waals surface area contributed by atoms with Crippen molar-refractivity contribution < 1.29 is 19.1 Å². The molecule has 1 aliphatic rings. The summed E-state index contributed by atoms with van der Waals surface area (Å²) in [5, 5.41) is 11.6. The molecule has 1 amide bonds. The van der Waals surface area contributed by atoms with Crippen LogP contribution in [0.25, 0.3) is 0 Å². The first kappa shape index (κ1) is 15.0. The number of para-hydroxylation sites is 1. The van der Waals surface area contributed by atoms with Gasteiger partial charge in [-0.3, -0.25) is 9.59 Å². The number of carboxylic acids is 1. The third kappa shape index (κ3) is 3.36. The Morgan fingerprint density at radius 2 is 2.00 bits per heavy atom. The quantitative estimate of drug-likeness (QED) is 0.883. The lowest BCUT2D eigenvalue weighted by Crippen LogP contribution is -2.31. The molecule has 0 aliphatic heterocycles. The number of hydrogen-bond acceptors (Lipinski definition) is 2. The molecule has 0 heterocycles. The second-order valence-electron chi connectivity index (χ2n) is 4.98. The van der Waals surface area contributed by atoms with Gasteiger partial charge in [-0.05, 0) is 47.3 Å². The zero-order valence-electron chi connectivity index (χ0n) is 10.7. The van der Waals surface area contributed by atoms with E-state index in [0.29, 0.717) is 30.2 Å². The summed E-state index contributed by atoms with van der Waals surface area (Å²) in [5.74, 6) is -2.56. The predicted molar refractivity (Wildman–Crippen MR) is 75.8 cm³/mol. The number of halogens is 2. The van der Waals surface area contributed by atoms with Crippen LogP contribution in [0.4, 0.5) is 10.1 Å². The van der Waals surface area contributed by atoms with E-state index in [1.807, 2.05) is 0 Å². The first-order valence-electron chi connectivity index (χ1n) is 6.46. The molecule has 4 nitrogen and oxygen atoms in total. The number of nitrogens with one attached hydrogen (secondary N) is 1. The predicted octanol–water partition coefficient (Wildman–Crippen LogP) is 3.42. The van der Waals surface area contributed by atoms with Crippen molar-refractivity contribution in [3.63, 3.8) is 0 Å². The molecule has 2 unspecified atom stereocenters. The normalized spacial score (nSPS) is 22.3. The Labute approximate surface area is 124 Å². The Morgan fingerprint density at radius 1 is 1.30 bits per heavy atom. The van der Waals surface area contributed by atoms with Crippen LogP contribution < -0.4 is 5.32 Å². The summed E-state index contributed by atoms with van der Waals surface area (Å²) < 4.78 is 14.1. The molecule has 2 atom stereocenters. The number of anilines is 1. The van der Waals surface area contributed by atoms with E-state index in [9.17, 15) is 14.0 Å². The summed E-state index contributed by atoms with van der Waals surface area (Å²) in [6.45, 7) is 0. The zero-order valence-corrected chi connectivity index (χ0v) is 12.3. The van der Waals surface area contributed by atoms with E-state index < -0.39 is 17.7 Å². The summed E-state index contributed by atoms with van der Waals surface area (Å²) in [6.07, 6.45) is 2.25. The van der Waals surface area contributed by atoms with Gasteiger partial charge in [0.2, 0.25) is 5.91 Å². The molecule has 108 valence electrons. The van der Waals surface area contributed by atoms with Crippen LogP contribution >= 0.6 is 15.9 Å². The van der Waals surface area contributed by atoms with Crippen molar-refractivity contribution in [2.75, 3.05) is 5.32 Å². The molecule has 1 aliphatic carbocycles. The topological polar surface area (TPSA) is 66.4 Å². The SMILES string of the molecule is O=C(O)C1CCCC(C(=O)Nc2c(F)cccc2Br)C1. The van der Waals surface area contributed by atoms with Gasteiger partial charge in [0.25, 0.3) is 0 Å². The third-order valence-electron chi connectivity index (χ3n) is 3.61. The highest BCUT2D eigenvalue weighted by atomic mass is 79.9. The molecule has 0 saturated heterocycles. The van der Waals surface area contributed by atoms with Gasteiger partial charge < -0.3 is 10.4 Å². The second kappa shape index (κ2) is 6.35. The summed E-state index contributed by atoms with van der Waals surface area (Å²) in [6, 6.07) is 4.44. The molecule has 1 aromatic carbocycles. The van der Waals surface area contributed by atoms with E-state index >= 15 is 0 Å². The van der Waals surface area contributed by atoms with Crippen molar-refractivity contribution in [3.8, 4) is 0 Å². The smallest absolute Gasteiger partial charge is 0.306 e. The maximum atomic E-state index is 13.6. The fourth-order valence-corrected chi connectivity index (χ4v) is 2.94. The van der Waals surface area contributed by atoms with E-state index in [-0.39, 0.29) is 17.5 Å². The maximum absolute atomic E-state index is 13.6. The fraction of sp³-hybridized carbons (Fsp3) is 0.429. The molecule has 2 rings (SSSR count). The molecular weight excluding hydrogens is 329 g/mol. The largest absolute Gasteiger partial charge is 0.481 e. The Balaban J connectivity index is 2.06. The van der Waals surface area contributed by atoms with Gasteiger partial charge in [0.05, 0.1) is 11.6 Å². The number of amides is 1. The van der Waals surface area contributed by atoms with E-state index in [4.69, 9.17) is 5.11 Å². The van der Waals surface area contributed by atoms with Crippen LogP contribution in [0, 0.1) is 17.7 Å². The molecule has 1 fully saturated rings. The van der Waals surface area contributed by atoms with Gasteiger partial charge in [-0.25, -0.2) is 4.39 Å². The van der Waals surface area contributed by atoms with Crippen molar-refractivity contribution in [2.24, 2.45) is 11.8 Å². The first-order chi connectivity index (χ1) is 9.49. The van der Waals surface area contributed by atoms with Crippen LogP contribution in [0.2, 0.25) is 0 Å². The number of carbonyl (C=O) groups is 2. The lowest BCUT2D eigenvalue weighted by Gasteiger charge is -2.25. The molecular formula is C14H15BrFNO3. The average Bonchev–Trinajstić information content (AvgIpc) is 2.43. The third-order valence-corrected chi connectivity index (χ3v) is 4.27. The lowest BCUT2D eigenvalue weighted by molar-refractivity contribution is -0.143. The van der Waals surface area contributed by atoms with Gasteiger partial charge in [0, 0.05) is 10.4 Å². The van der Waals surface area contributed by atoms with Crippen LogP contribution in [0.3, 0.4) is 0 Å². The standard InChI is InChI=1S/C14H15BrFNO3/c15-10-5-2-6-11(16)12(10)17-13(18)8-3-1-4-9(7-8)14(19)20/h2,5-6,8-9H,1,3-4,7H2,(H,17,18)(H,19,20). The molecule has 0 bridgehead atoms. The van der Waals surface area contributed by atoms with Crippen LogP contribution in [-0.2, 0) is 9.59 Å². The van der Waals surface area contributed by atoms with E-state index in [1.54, 1.807) is 6.07 Å². The monoisotopic (exact) mass is 343 g/mol. The maximum Gasteiger partial charge on any atom is 0.306 e. The number of hydrogen-bond donors (Lipinski definition) is 2. The Kier molecular flexibility index (Phi) is 4.75. The van der Waals surface area contributed by atoms with Gasteiger partial charge in [0.15, 0.2) is 0 Å². The highest BCUT2D eigenvalue weighted by Gasteiger charge is 2.31. The van der Waals surface area contributed by atoms with Crippen LogP contribution in [0.5, 0.6) is 0 Å². The number of rotatable bonds is 3. The molecule has 0 aromatic heterocycles. The van der Waals surface area contributed by atoms with Gasteiger partial charge in [-0.1, -0.05) is 12.5 Å². The zero-order chi connectivity index (χ0) is 14.7. The molecule has 0 spiro atoms. The molecule has 20 heavy (non-hydrogen) atoms. The minimum Gasteiger partial charge on any atom is -0.481 e. The van der Waals surface area contributed by atoms with Crippen molar-refractivity contribution in [1.29, 1.82) is 0 Å². The summed E-state index contributed by atoms with van der Waals surface area (Å²) in [7, 11) is 0. The summed E-state index contributed by atoms with van der Waals surface area (Å²) >= 11 is 3.19. The van der Waals surface area contributed by atoms with Gasteiger partial charge in [0.1, 0.15) is 5.82 Å². The second-order valence-corrected chi connectivity index (χ2v) is 5.84. The molecule has 2 N–H and O–H groups in total. The van der Waals surface area contributed by atoms with E-state index in [2.05, 4.69) is 21.2 Å². The summed E-state index contributed by atoms with van der Waals surface area (Å²) in [5.41, 5.74) is 0.106. The highest BCUT2D eigenvalue weighted by molar-refractivity contribution is 9.10. The molecule has 0 radical (unpaired) electrons. The number of benzene rings is 1. The van der Waals surface area contributed by atoms with Crippen LogP contribution in [0.1, 0.15) is 25.7 Å². The van der Waals surface area contributed by atoms with Crippen molar-refractivity contribution in [3.05, 3.63) is 28.5 Å². The van der Waals surface area contributed by atoms with Crippen LogP contribution in [-0.4, -0.2) is 17.0 Å². The minimum atomic E-state index is -0.866. The van der Waals surface area contributed by atoms with Crippen molar-refractivity contribution in [1.82, 2.24) is 0 Å². The molecule has 6 heteroatoms. The number of carboxylic acid groups (broad SMARTS) is 1. The number of carbonyl (C=O) groups excluding carboxylic acids is 1. The van der Waals surface area contributed by atoms with Gasteiger partial charge >= 0.3 is 5.97 Å².